The van der Waals surface area contributed by atoms with Crippen molar-refractivity contribution in [1.82, 2.24) is 15.1 Å². The van der Waals surface area contributed by atoms with Crippen LogP contribution in [0.4, 0.5) is 4.79 Å². The van der Waals surface area contributed by atoms with E-state index in [1.54, 1.807) is 7.11 Å². The van der Waals surface area contributed by atoms with Gasteiger partial charge in [0.2, 0.25) is 0 Å². The van der Waals surface area contributed by atoms with E-state index in [0.29, 0.717) is 5.92 Å². The first-order chi connectivity index (χ1) is 13.8. The minimum absolute atomic E-state index is 0.151. The fourth-order valence-corrected chi connectivity index (χ4v) is 3.74. The van der Waals surface area contributed by atoms with Crippen LogP contribution in [0.5, 0.6) is 0 Å². The molecule has 2 rings (SSSR count). The molecule has 2 aliphatic rings. The van der Waals surface area contributed by atoms with Gasteiger partial charge in [0, 0.05) is 53.0 Å². The topological polar surface area (TPSA) is 66.4 Å². The van der Waals surface area contributed by atoms with Gasteiger partial charge in [-0.2, -0.15) is 0 Å². The smallest absolute Gasteiger partial charge is 0.410 e. The van der Waals surface area contributed by atoms with Crippen LogP contribution in [-0.2, 0) is 9.47 Å². The third kappa shape index (κ3) is 8.81. The maximum atomic E-state index is 12.8. The number of nitrogens with zero attached hydrogens (tertiary/aromatic N) is 3. The summed E-state index contributed by atoms with van der Waals surface area (Å²) in [6, 6.07) is 0.258. The van der Waals surface area contributed by atoms with Gasteiger partial charge in [-0.25, -0.2) is 4.79 Å². The number of nitrogens with one attached hydrogen (secondary N) is 1. The molecule has 0 unspecified atom stereocenters. The lowest BCUT2D eigenvalue weighted by Gasteiger charge is -2.40. The van der Waals surface area contributed by atoms with Gasteiger partial charge in [0.15, 0.2) is 5.96 Å². The average Bonchev–Trinajstić information content (AvgIpc) is 3.49. The lowest BCUT2D eigenvalue weighted by molar-refractivity contribution is 0.00928. The van der Waals surface area contributed by atoms with Crippen molar-refractivity contribution in [1.29, 1.82) is 0 Å². The number of guanidine groups is 1. The van der Waals surface area contributed by atoms with Crippen LogP contribution in [0, 0.1) is 5.92 Å². The molecule has 168 valence electrons. The van der Waals surface area contributed by atoms with Crippen molar-refractivity contribution < 1.29 is 14.3 Å². The van der Waals surface area contributed by atoms with Gasteiger partial charge in [-0.1, -0.05) is 0 Å². The second-order valence-electron chi connectivity index (χ2n) is 9.32. The van der Waals surface area contributed by atoms with E-state index < -0.39 is 5.60 Å². The van der Waals surface area contributed by atoms with Crippen LogP contribution >= 0.6 is 0 Å². The molecule has 1 aliphatic carbocycles. The number of hydrogen-bond acceptors (Lipinski definition) is 4. The van der Waals surface area contributed by atoms with Crippen LogP contribution in [0.15, 0.2) is 4.99 Å². The third-order valence-corrected chi connectivity index (χ3v) is 5.50. The Labute approximate surface area is 177 Å². The number of amides is 1. The molecular weight excluding hydrogens is 368 g/mol. The lowest BCUT2D eigenvalue weighted by atomic mass is 10.0. The SMILES string of the molecule is CN=C(NCCCCCOC)N1CCC(N(CC2CC2)C(=O)OC(C)(C)C)CC1. The number of rotatable bonds is 9. The maximum absolute atomic E-state index is 12.8. The summed E-state index contributed by atoms with van der Waals surface area (Å²) in [5.74, 6) is 1.63. The highest BCUT2D eigenvalue weighted by molar-refractivity contribution is 5.80. The van der Waals surface area contributed by atoms with Crippen molar-refractivity contribution in [2.45, 2.75) is 77.4 Å². The van der Waals surface area contributed by atoms with E-state index in [4.69, 9.17) is 9.47 Å². The first kappa shape index (κ1) is 23.8. The number of aliphatic imine (C=N–C) groups is 1. The highest BCUT2D eigenvalue weighted by Gasteiger charge is 2.35. The van der Waals surface area contributed by atoms with Gasteiger partial charge < -0.3 is 24.6 Å². The number of carbonyl (C=O) groups is 1. The van der Waals surface area contributed by atoms with Crippen molar-refractivity contribution >= 4 is 12.1 Å². The van der Waals surface area contributed by atoms with Gasteiger partial charge in [0.1, 0.15) is 5.60 Å². The Balaban J connectivity index is 1.80. The second kappa shape index (κ2) is 11.6. The van der Waals surface area contributed by atoms with E-state index in [0.717, 1.165) is 70.8 Å². The minimum Gasteiger partial charge on any atom is -0.444 e. The van der Waals surface area contributed by atoms with E-state index in [9.17, 15) is 4.79 Å². The van der Waals surface area contributed by atoms with Gasteiger partial charge in [-0.15, -0.1) is 0 Å². The number of ether oxygens (including phenoxy) is 2. The summed E-state index contributed by atoms with van der Waals surface area (Å²) in [6.07, 6.45) is 7.61. The van der Waals surface area contributed by atoms with Gasteiger partial charge in [0.05, 0.1) is 0 Å². The number of methoxy groups -OCH3 is 1. The fraction of sp³-hybridized carbons (Fsp3) is 0.909. The summed E-state index contributed by atoms with van der Waals surface area (Å²) in [4.78, 5) is 21.6. The summed E-state index contributed by atoms with van der Waals surface area (Å²) in [5.41, 5.74) is -0.450. The van der Waals surface area contributed by atoms with Gasteiger partial charge in [0.25, 0.3) is 0 Å². The molecule has 1 heterocycles. The molecule has 0 aromatic heterocycles. The molecule has 0 aromatic carbocycles. The molecule has 7 heteroatoms. The fourth-order valence-electron chi connectivity index (χ4n) is 3.74. The Morgan fingerprint density at radius 2 is 1.83 bits per heavy atom. The van der Waals surface area contributed by atoms with Gasteiger partial charge >= 0.3 is 6.09 Å². The van der Waals surface area contributed by atoms with Crippen LogP contribution in [0.3, 0.4) is 0 Å². The quantitative estimate of drug-likeness (QED) is 0.358. The molecule has 1 saturated carbocycles. The Bertz CT molecular complexity index is 521. The molecule has 0 radical (unpaired) electrons. The largest absolute Gasteiger partial charge is 0.444 e. The van der Waals surface area contributed by atoms with Crippen molar-refractivity contribution in [3.05, 3.63) is 0 Å². The highest BCUT2D eigenvalue weighted by Crippen LogP contribution is 2.32. The molecular formula is C22H42N4O3. The normalized spacial score (nSPS) is 18.7. The number of piperidine rings is 1. The lowest BCUT2D eigenvalue weighted by Crippen LogP contribution is -2.52. The molecule has 1 N–H and O–H groups in total. The molecule has 0 aromatic rings. The number of likely N-dealkylation sites (tertiary alicyclic amines) is 1. The maximum Gasteiger partial charge on any atom is 0.410 e. The van der Waals surface area contributed by atoms with Crippen molar-refractivity contribution in [2.75, 3.05) is 46.9 Å². The van der Waals surface area contributed by atoms with Crippen LogP contribution in [0.25, 0.3) is 0 Å². The van der Waals surface area contributed by atoms with E-state index in [1.807, 2.05) is 32.7 Å². The number of carbonyl (C=O) groups excluding carboxylic acids is 1. The van der Waals surface area contributed by atoms with Crippen molar-refractivity contribution in [2.24, 2.45) is 10.9 Å². The number of unbranched alkanes of at least 4 members (excludes halogenated alkanes) is 2. The summed E-state index contributed by atoms with van der Waals surface area (Å²) < 4.78 is 10.8. The molecule has 2 fully saturated rings. The Hall–Kier alpha value is -1.50. The van der Waals surface area contributed by atoms with Crippen molar-refractivity contribution in [3.63, 3.8) is 0 Å². The van der Waals surface area contributed by atoms with E-state index in [1.165, 1.54) is 12.8 Å². The minimum atomic E-state index is -0.450. The van der Waals surface area contributed by atoms with Crippen molar-refractivity contribution in [3.8, 4) is 0 Å². The Morgan fingerprint density at radius 3 is 2.38 bits per heavy atom. The molecule has 1 saturated heterocycles. The molecule has 1 aliphatic heterocycles. The molecule has 0 bridgehead atoms. The zero-order valence-electron chi connectivity index (χ0n) is 19.2. The average molecular weight is 411 g/mol. The first-order valence-electron chi connectivity index (χ1n) is 11.3. The van der Waals surface area contributed by atoms with Crippen LogP contribution in [0.2, 0.25) is 0 Å². The Kier molecular flexibility index (Phi) is 9.53. The molecule has 29 heavy (non-hydrogen) atoms. The standard InChI is InChI=1S/C22H42N4O3/c1-22(2,3)29-21(27)26(17-18-9-10-18)19-11-14-25(15-12-19)20(23-4)24-13-7-6-8-16-28-5/h18-19H,6-17H2,1-5H3,(H,23,24). The zero-order chi connectivity index (χ0) is 21.3. The van der Waals surface area contributed by atoms with Crippen LogP contribution in [-0.4, -0.2) is 80.4 Å². The van der Waals surface area contributed by atoms with E-state index in [2.05, 4.69) is 15.2 Å². The summed E-state index contributed by atoms with van der Waals surface area (Å²) >= 11 is 0. The molecule has 0 atom stereocenters. The van der Waals surface area contributed by atoms with Crippen LogP contribution < -0.4 is 5.32 Å². The molecule has 0 spiro atoms. The van der Waals surface area contributed by atoms with E-state index in [-0.39, 0.29) is 12.1 Å². The molecule has 1 amide bonds. The second-order valence-corrected chi connectivity index (χ2v) is 9.32. The zero-order valence-corrected chi connectivity index (χ0v) is 19.2. The van der Waals surface area contributed by atoms with Gasteiger partial charge in [-0.05, 0) is 71.6 Å². The summed E-state index contributed by atoms with van der Waals surface area (Å²) in [7, 11) is 3.59. The van der Waals surface area contributed by atoms with Gasteiger partial charge in [-0.3, -0.25) is 4.99 Å². The third-order valence-electron chi connectivity index (χ3n) is 5.50. The predicted molar refractivity (Wildman–Crippen MR) is 117 cm³/mol. The number of hydrogen-bond donors (Lipinski definition) is 1. The summed E-state index contributed by atoms with van der Waals surface area (Å²) in [6.45, 7) is 10.2. The molecule has 7 nitrogen and oxygen atoms in total. The van der Waals surface area contributed by atoms with Crippen LogP contribution in [0.1, 0.15) is 65.7 Å². The monoisotopic (exact) mass is 410 g/mol. The highest BCUT2D eigenvalue weighted by atomic mass is 16.6. The first-order valence-corrected chi connectivity index (χ1v) is 11.3. The Morgan fingerprint density at radius 1 is 1.14 bits per heavy atom. The predicted octanol–water partition coefficient (Wildman–Crippen LogP) is 3.49. The van der Waals surface area contributed by atoms with E-state index >= 15 is 0 Å². The summed E-state index contributed by atoms with van der Waals surface area (Å²) in [5, 5.41) is 3.49.